The quantitative estimate of drug-likeness (QED) is 0.739. The fourth-order valence-corrected chi connectivity index (χ4v) is 2.67. The van der Waals surface area contributed by atoms with Crippen LogP contribution in [0.3, 0.4) is 0 Å². The molecular weight excluding hydrogens is 282 g/mol. The van der Waals surface area contributed by atoms with Gasteiger partial charge in [-0.25, -0.2) is 0 Å². The predicted molar refractivity (Wildman–Crippen MR) is 81.1 cm³/mol. The van der Waals surface area contributed by atoms with E-state index in [0.717, 1.165) is 37.7 Å². The Morgan fingerprint density at radius 2 is 1.59 bits per heavy atom. The molecule has 3 aromatic rings. The van der Waals surface area contributed by atoms with Gasteiger partial charge < -0.3 is 14.9 Å². The Balaban J connectivity index is 1.47. The van der Waals surface area contributed by atoms with Crippen LogP contribution in [0.4, 0.5) is 11.5 Å². The van der Waals surface area contributed by atoms with Gasteiger partial charge in [-0.05, 0) is 46.8 Å². The van der Waals surface area contributed by atoms with Crippen LogP contribution in [0.25, 0.3) is 5.65 Å². The lowest BCUT2D eigenvalue weighted by Crippen LogP contribution is -2.47. The van der Waals surface area contributed by atoms with Crippen molar-refractivity contribution in [2.24, 2.45) is 0 Å². The number of aromatic hydroxyl groups is 1. The number of piperazine rings is 1. The van der Waals surface area contributed by atoms with Crippen molar-refractivity contribution in [3.05, 3.63) is 36.4 Å². The lowest BCUT2D eigenvalue weighted by Gasteiger charge is -2.36. The van der Waals surface area contributed by atoms with E-state index in [-0.39, 0.29) is 0 Å². The number of hydrogen-bond acceptors (Lipinski definition) is 7. The van der Waals surface area contributed by atoms with Crippen LogP contribution in [0, 0.1) is 0 Å². The number of aromatic nitrogens is 5. The molecule has 3 heterocycles. The van der Waals surface area contributed by atoms with E-state index in [0.29, 0.717) is 11.4 Å². The van der Waals surface area contributed by atoms with Crippen LogP contribution in [0.2, 0.25) is 0 Å². The molecule has 0 aliphatic carbocycles. The van der Waals surface area contributed by atoms with Gasteiger partial charge in [0.15, 0.2) is 11.5 Å². The standard InChI is InChI=1S/C14H15N7O/c22-12-3-1-11(2-4-12)19-7-9-20(10-8-19)14-6-5-13-15-17-18-21(13)16-14/h1-6,22H,7-10H2. The monoisotopic (exact) mass is 297 g/mol. The molecule has 0 spiro atoms. The summed E-state index contributed by atoms with van der Waals surface area (Å²) in [6.45, 7) is 3.56. The maximum absolute atomic E-state index is 9.36. The number of rotatable bonds is 2. The summed E-state index contributed by atoms with van der Waals surface area (Å²) in [6, 6.07) is 11.1. The maximum atomic E-state index is 9.36. The first kappa shape index (κ1) is 12.8. The zero-order chi connectivity index (χ0) is 14.9. The Hall–Kier alpha value is -2.90. The first-order valence-electron chi connectivity index (χ1n) is 7.14. The van der Waals surface area contributed by atoms with Crippen molar-refractivity contribution in [3.8, 4) is 5.75 Å². The third-order valence-electron chi connectivity index (χ3n) is 3.87. The Kier molecular flexibility index (Phi) is 2.99. The summed E-state index contributed by atoms with van der Waals surface area (Å²) in [4.78, 5) is 4.52. The van der Waals surface area contributed by atoms with Crippen molar-refractivity contribution >= 4 is 17.2 Å². The van der Waals surface area contributed by atoms with Crippen molar-refractivity contribution in [1.29, 1.82) is 0 Å². The molecule has 0 bridgehead atoms. The van der Waals surface area contributed by atoms with Crippen molar-refractivity contribution in [2.75, 3.05) is 36.0 Å². The second-order valence-corrected chi connectivity index (χ2v) is 5.21. The van der Waals surface area contributed by atoms with Gasteiger partial charge in [0.2, 0.25) is 0 Å². The van der Waals surface area contributed by atoms with E-state index in [1.54, 1.807) is 12.1 Å². The minimum Gasteiger partial charge on any atom is -0.508 e. The molecule has 0 radical (unpaired) electrons. The van der Waals surface area contributed by atoms with Crippen LogP contribution >= 0.6 is 0 Å². The molecule has 8 heteroatoms. The Labute approximate surface area is 126 Å². The molecule has 1 aromatic carbocycles. The van der Waals surface area contributed by atoms with Gasteiger partial charge in [-0.1, -0.05) is 0 Å². The number of benzene rings is 1. The van der Waals surface area contributed by atoms with Crippen LogP contribution in [-0.2, 0) is 0 Å². The minimum absolute atomic E-state index is 0.293. The van der Waals surface area contributed by atoms with E-state index in [4.69, 9.17) is 0 Å². The number of phenols is 1. The second-order valence-electron chi connectivity index (χ2n) is 5.21. The first-order chi connectivity index (χ1) is 10.8. The van der Waals surface area contributed by atoms with Crippen molar-refractivity contribution in [3.63, 3.8) is 0 Å². The van der Waals surface area contributed by atoms with Gasteiger partial charge in [0, 0.05) is 31.9 Å². The van der Waals surface area contributed by atoms with E-state index >= 15 is 0 Å². The molecule has 8 nitrogen and oxygen atoms in total. The highest BCUT2D eigenvalue weighted by Crippen LogP contribution is 2.21. The van der Waals surface area contributed by atoms with Crippen LogP contribution < -0.4 is 9.80 Å². The molecule has 1 N–H and O–H groups in total. The number of tetrazole rings is 1. The number of anilines is 2. The summed E-state index contributed by atoms with van der Waals surface area (Å²) in [6.07, 6.45) is 0. The zero-order valence-corrected chi connectivity index (χ0v) is 11.9. The van der Waals surface area contributed by atoms with E-state index in [9.17, 15) is 5.11 Å². The van der Waals surface area contributed by atoms with Crippen LogP contribution in [0.1, 0.15) is 0 Å². The molecule has 1 aliphatic rings. The molecule has 112 valence electrons. The molecule has 22 heavy (non-hydrogen) atoms. The smallest absolute Gasteiger partial charge is 0.200 e. The van der Waals surface area contributed by atoms with Gasteiger partial charge in [-0.3, -0.25) is 0 Å². The lowest BCUT2D eigenvalue weighted by molar-refractivity contribution is 0.475. The Bertz CT molecular complexity index is 777. The summed E-state index contributed by atoms with van der Waals surface area (Å²) < 4.78 is 1.45. The number of nitrogens with zero attached hydrogens (tertiary/aromatic N) is 7. The highest BCUT2D eigenvalue weighted by Gasteiger charge is 2.19. The van der Waals surface area contributed by atoms with Crippen LogP contribution in [0.5, 0.6) is 5.75 Å². The summed E-state index contributed by atoms with van der Waals surface area (Å²) >= 11 is 0. The molecule has 1 fully saturated rings. The normalized spacial score (nSPS) is 15.5. The minimum atomic E-state index is 0.293. The molecule has 0 amide bonds. The third-order valence-corrected chi connectivity index (χ3v) is 3.87. The SMILES string of the molecule is Oc1ccc(N2CCN(c3ccc4nnnn4n3)CC2)cc1. The molecule has 1 saturated heterocycles. The summed E-state index contributed by atoms with van der Waals surface area (Å²) in [5, 5.41) is 25.1. The summed E-state index contributed by atoms with van der Waals surface area (Å²) in [7, 11) is 0. The Morgan fingerprint density at radius 1 is 0.864 bits per heavy atom. The molecule has 0 saturated carbocycles. The third kappa shape index (κ3) is 2.28. The predicted octanol–water partition coefficient (Wildman–Crippen LogP) is 0.551. The summed E-state index contributed by atoms with van der Waals surface area (Å²) in [5.41, 5.74) is 1.77. The second kappa shape index (κ2) is 5.14. The van der Waals surface area contributed by atoms with Crippen molar-refractivity contribution in [1.82, 2.24) is 25.3 Å². The van der Waals surface area contributed by atoms with Crippen molar-refractivity contribution < 1.29 is 5.11 Å². The fraction of sp³-hybridized carbons (Fsp3) is 0.286. The van der Waals surface area contributed by atoms with Gasteiger partial charge in [-0.2, -0.15) is 0 Å². The van der Waals surface area contributed by atoms with Crippen LogP contribution in [-0.4, -0.2) is 56.5 Å². The summed E-state index contributed by atoms with van der Waals surface area (Å²) in [5.74, 6) is 1.17. The first-order valence-corrected chi connectivity index (χ1v) is 7.14. The largest absolute Gasteiger partial charge is 0.508 e. The van der Waals surface area contributed by atoms with Gasteiger partial charge in [-0.15, -0.1) is 14.8 Å². The van der Waals surface area contributed by atoms with Crippen LogP contribution in [0.15, 0.2) is 36.4 Å². The van der Waals surface area contributed by atoms with Gasteiger partial charge >= 0.3 is 0 Å². The molecule has 4 rings (SSSR count). The fourth-order valence-electron chi connectivity index (χ4n) is 2.67. The van der Waals surface area contributed by atoms with E-state index in [2.05, 4.69) is 30.4 Å². The molecule has 0 unspecified atom stereocenters. The lowest BCUT2D eigenvalue weighted by atomic mass is 10.2. The van der Waals surface area contributed by atoms with E-state index in [1.165, 1.54) is 4.63 Å². The zero-order valence-electron chi connectivity index (χ0n) is 11.9. The van der Waals surface area contributed by atoms with Gasteiger partial charge in [0.1, 0.15) is 5.75 Å². The molecular formula is C14H15N7O. The van der Waals surface area contributed by atoms with Gasteiger partial charge in [0.25, 0.3) is 0 Å². The van der Waals surface area contributed by atoms with E-state index < -0.39 is 0 Å². The molecule has 0 atom stereocenters. The molecule has 2 aromatic heterocycles. The average molecular weight is 297 g/mol. The maximum Gasteiger partial charge on any atom is 0.200 e. The number of fused-ring (bicyclic) bond motifs is 1. The molecule has 1 aliphatic heterocycles. The topological polar surface area (TPSA) is 82.7 Å². The Morgan fingerprint density at radius 3 is 2.36 bits per heavy atom. The highest BCUT2D eigenvalue weighted by molar-refractivity contribution is 5.51. The van der Waals surface area contributed by atoms with Gasteiger partial charge in [0.05, 0.1) is 0 Å². The van der Waals surface area contributed by atoms with Crippen molar-refractivity contribution in [2.45, 2.75) is 0 Å². The number of hydrogen-bond donors (Lipinski definition) is 1. The van der Waals surface area contributed by atoms with E-state index in [1.807, 2.05) is 24.3 Å². The average Bonchev–Trinajstić information content (AvgIpc) is 3.03. The highest BCUT2D eigenvalue weighted by atomic mass is 16.3. The number of phenolic OH excluding ortho intramolecular Hbond substituents is 1.